The normalized spacial score (nSPS) is 22.3. The third-order valence-corrected chi connectivity index (χ3v) is 7.42. The topological polar surface area (TPSA) is 85.8 Å². The summed E-state index contributed by atoms with van der Waals surface area (Å²) in [6, 6.07) is 2.83. The summed E-state index contributed by atoms with van der Waals surface area (Å²) in [6.45, 7) is 1.97. The Morgan fingerprint density at radius 1 is 1.39 bits per heavy atom. The first kappa shape index (κ1) is 19.8. The maximum absolute atomic E-state index is 13.0. The van der Waals surface area contributed by atoms with E-state index in [0.29, 0.717) is 27.2 Å². The molecule has 2 aromatic heterocycles. The third kappa shape index (κ3) is 3.95. The fraction of sp³-hybridized carbons (Fsp3) is 0.500. The first-order chi connectivity index (χ1) is 13.4. The van der Waals surface area contributed by atoms with Crippen LogP contribution in [0.25, 0.3) is 0 Å². The summed E-state index contributed by atoms with van der Waals surface area (Å²) in [5.41, 5.74) is 1.01. The summed E-state index contributed by atoms with van der Waals surface area (Å²) in [5, 5.41) is 13.2. The Labute approximate surface area is 175 Å². The van der Waals surface area contributed by atoms with Crippen molar-refractivity contribution in [1.29, 1.82) is 0 Å². The number of fused-ring (bicyclic) bond motifs is 1. The molecule has 150 valence electrons. The average molecular weight is 441 g/mol. The molecule has 0 spiro atoms. The van der Waals surface area contributed by atoms with Gasteiger partial charge in [0.05, 0.1) is 27.6 Å². The van der Waals surface area contributed by atoms with Gasteiger partial charge in [-0.25, -0.2) is 4.98 Å². The summed E-state index contributed by atoms with van der Waals surface area (Å²) in [6.07, 6.45) is 1.36. The highest BCUT2D eigenvalue weighted by molar-refractivity contribution is 7.18. The molecule has 1 unspecified atom stereocenters. The van der Waals surface area contributed by atoms with E-state index >= 15 is 0 Å². The molecule has 10 heteroatoms. The predicted octanol–water partition coefficient (Wildman–Crippen LogP) is 1.85. The van der Waals surface area contributed by atoms with Gasteiger partial charge in [-0.05, 0) is 25.6 Å². The predicted molar refractivity (Wildman–Crippen MR) is 109 cm³/mol. The highest BCUT2D eigenvalue weighted by Crippen LogP contribution is 2.28. The number of aliphatic hydroxyl groups is 1. The number of amides is 2. The van der Waals surface area contributed by atoms with E-state index in [1.54, 1.807) is 17.0 Å². The van der Waals surface area contributed by atoms with Gasteiger partial charge in [0.2, 0.25) is 0 Å². The summed E-state index contributed by atoms with van der Waals surface area (Å²) in [5.74, 6) is -0.377. The number of aromatic nitrogens is 1. The first-order valence-electron chi connectivity index (χ1n) is 9.09. The molecule has 4 rings (SSSR count). The van der Waals surface area contributed by atoms with Gasteiger partial charge in [-0.1, -0.05) is 11.6 Å². The minimum Gasteiger partial charge on any atom is -0.394 e. The number of nitrogens with one attached hydrogen (secondary N) is 1. The number of carbonyl (C=O) groups excluding carboxylic acids is 2. The lowest BCUT2D eigenvalue weighted by atomic mass is 10.2. The lowest BCUT2D eigenvalue weighted by Gasteiger charge is -2.21. The van der Waals surface area contributed by atoms with Crippen molar-refractivity contribution < 1.29 is 14.7 Å². The fourth-order valence-electron chi connectivity index (χ4n) is 3.67. The number of likely N-dealkylation sites (N-methyl/N-ethyl adjacent to an activating group) is 1. The molecule has 4 heterocycles. The molecule has 0 aliphatic carbocycles. The number of rotatable bonds is 4. The van der Waals surface area contributed by atoms with Crippen molar-refractivity contribution in [2.45, 2.75) is 31.5 Å². The number of carbonyl (C=O) groups is 2. The molecule has 2 aliphatic heterocycles. The Morgan fingerprint density at radius 2 is 2.21 bits per heavy atom. The average Bonchev–Trinajstić information content (AvgIpc) is 3.38. The molecule has 2 aromatic rings. The zero-order valence-corrected chi connectivity index (χ0v) is 17.7. The minimum atomic E-state index is -0.326. The molecule has 7 nitrogen and oxygen atoms in total. The Hall–Kier alpha value is -1.52. The summed E-state index contributed by atoms with van der Waals surface area (Å²) < 4.78 is 0.556. The van der Waals surface area contributed by atoms with Crippen LogP contribution in [-0.4, -0.2) is 70.5 Å². The third-order valence-electron chi connectivity index (χ3n) is 5.12. The van der Waals surface area contributed by atoms with E-state index in [0.717, 1.165) is 30.1 Å². The van der Waals surface area contributed by atoms with Crippen LogP contribution in [0.15, 0.2) is 12.1 Å². The van der Waals surface area contributed by atoms with Gasteiger partial charge < -0.3 is 20.2 Å². The largest absolute Gasteiger partial charge is 0.394 e. The van der Waals surface area contributed by atoms with E-state index in [4.69, 9.17) is 11.6 Å². The summed E-state index contributed by atoms with van der Waals surface area (Å²) >= 11 is 8.55. The van der Waals surface area contributed by atoms with Gasteiger partial charge in [0.15, 0.2) is 5.01 Å². The molecule has 1 fully saturated rings. The molecule has 1 saturated heterocycles. The number of likely N-dealkylation sites (tertiary alicyclic amines) is 1. The number of thiophene rings is 1. The van der Waals surface area contributed by atoms with Gasteiger partial charge in [-0.3, -0.25) is 9.59 Å². The lowest BCUT2D eigenvalue weighted by molar-refractivity contribution is 0.0673. The van der Waals surface area contributed by atoms with E-state index in [1.165, 1.54) is 22.7 Å². The highest BCUT2D eigenvalue weighted by atomic mass is 35.5. The van der Waals surface area contributed by atoms with Gasteiger partial charge in [-0.15, -0.1) is 22.7 Å². The molecule has 0 saturated carbocycles. The zero-order valence-electron chi connectivity index (χ0n) is 15.4. The molecule has 2 aliphatic rings. The zero-order chi connectivity index (χ0) is 19.8. The Bertz CT molecular complexity index is 899. The molecule has 0 aromatic carbocycles. The molecule has 2 atom stereocenters. The van der Waals surface area contributed by atoms with Crippen molar-refractivity contribution in [2.75, 3.05) is 26.7 Å². The maximum Gasteiger partial charge on any atom is 0.283 e. The lowest BCUT2D eigenvalue weighted by Crippen LogP contribution is -2.40. The molecule has 2 N–H and O–H groups in total. The maximum atomic E-state index is 13.0. The van der Waals surface area contributed by atoms with Gasteiger partial charge >= 0.3 is 0 Å². The van der Waals surface area contributed by atoms with Crippen LogP contribution in [0.5, 0.6) is 0 Å². The number of aliphatic hydroxyl groups excluding tert-OH is 1. The smallest absolute Gasteiger partial charge is 0.283 e. The highest BCUT2D eigenvalue weighted by Gasteiger charge is 2.37. The van der Waals surface area contributed by atoms with Gasteiger partial charge in [0.25, 0.3) is 11.8 Å². The van der Waals surface area contributed by atoms with Crippen molar-refractivity contribution in [3.05, 3.63) is 36.9 Å². The quantitative estimate of drug-likeness (QED) is 0.757. The number of thiazole rings is 1. The SMILES string of the molecule is CN1CCc2nc(C(=O)N3CC(NC(=O)c4ccc(Cl)s4)C[C@H]3CO)sc2C1. The van der Waals surface area contributed by atoms with Crippen LogP contribution in [0.3, 0.4) is 0 Å². The minimum absolute atomic E-state index is 0.142. The van der Waals surface area contributed by atoms with Crippen LogP contribution in [0, 0.1) is 0 Å². The van der Waals surface area contributed by atoms with Crippen molar-refractivity contribution in [3.63, 3.8) is 0 Å². The fourth-order valence-corrected chi connectivity index (χ4v) is 5.76. The second kappa shape index (κ2) is 8.08. The monoisotopic (exact) mass is 440 g/mol. The Morgan fingerprint density at radius 3 is 2.93 bits per heavy atom. The second-order valence-electron chi connectivity index (χ2n) is 7.18. The molecule has 2 amide bonds. The van der Waals surface area contributed by atoms with E-state index in [2.05, 4.69) is 22.2 Å². The molecular weight excluding hydrogens is 420 g/mol. The van der Waals surface area contributed by atoms with Crippen LogP contribution in [-0.2, 0) is 13.0 Å². The van der Waals surface area contributed by atoms with E-state index in [-0.39, 0.29) is 30.5 Å². The van der Waals surface area contributed by atoms with Gasteiger partial charge in [0.1, 0.15) is 0 Å². The number of hydrogen-bond donors (Lipinski definition) is 2. The summed E-state index contributed by atoms with van der Waals surface area (Å²) in [7, 11) is 2.06. The molecule has 0 radical (unpaired) electrons. The number of halogens is 1. The van der Waals surface area contributed by atoms with Crippen molar-refractivity contribution >= 4 is 46.1 Å². The molecule has 0 bridgehead atoms. The Kier molecular flexibility index (Phi) is 5.71. The van der Waals surface area contributed by atoms with E-state index in [9.17, 15) is 14.7 Å². The van der Waals surface area contributed by atoms with Crippen LogP contribution in [0.4, 0.5) is 0 Å². The first-order valence-corrected chi connectivity index (χ1v) is 11.1. The van der Waals surface area contributed by atoms with E-state index in [1.807, 2.05) is 0 Å². The van der Waals surface area contributed by atoms with Crippen molar-refractivity contribution in [3.8, 4) is 0 Å². The Balaban J connectivity index is 1.45. The van der Waals surface area contributed by atoms with Crippen LogP contribution in [0.1, 0.15) is 36.5 Å². The van der Waals surface area contributed by atoms with Crippen LogP contribution < -0.4 is 5.32 Å². The van der Waals surface area contributed by atoms with Crippen LogP contribution in [0.2, 0.25) is 4.34 Å². The van der Waals surface area contributed by atoms with Crippen LogP contribution >= 0.6 is 34.3 Å². The molecular formula is C18H21ClN4O3S2. The van der Waals surface area contributed by atoms with Crippen molar-refractivity contribution in [1.82, 2.24) is 20.1 Å². The van der Waals surface area contributed by atoms with Crippen molar-refractivity contribution in [2.24, 2.45) is 0 Å². The summed E-state index contributed by atoms with van der Waals surface area (Å²) in [4.78, 5) is 35.5. The van der Waals surface area contributed by atoms with Gasteiger partial charge in [0, 0.05) is 37.0 Å². The number of hydrogen-bond acceptors (Lipinski definition) is 7. The van der Waals surface area contributed by atoms with E-state index < -0.39 is 0 Å². The number of nitrogens with zero attached hydrogens (tertiary/aromatic N) is 3. The standard InChI is InChI=1S/C18H21ClN4O3S2/c1-22-5-4-12-14(8-22)28-17(21-12)18(26)23-7-10(6-11(23)9-24)20-16(25)13-2-3-15(19)27-13/h2-3,10-11,24H,4-9H2,1H3,(H,20,25)/t10?,11-/m0/s1. The second-order valence-corrected chi connectivity index (χ2v) is 9.98. The molecule has 28 heavy (non-hydrogen) atoms. The van der Waals surface area contributed by atoms with Gasteiger partial charge in [-0.2, -0.15) is 0 Å².